The molecule has 148 valence electrons. The van der Waals surface area contributed by atoms with Gasteiger partial charge in [0, 0.05) is 11.8 Å². The Kier molecular flexibility index (Phi) is 6.43. The highest BCUT2D eigenvalue weighted by Gasteiger charge is 2.33. The number of carbonyl (C=O) groups is 2. The first-order chi connectivity index (χ1) is 12.6. The highest BCUT2D eigenvalue weighted by molar-refractivity contribution is 6.30. The van der Waals surface area contributed by atoms with Gasteiger partial charge in [0.2, 0.25) is 0 Å². The summed E-state index contributed by atoms with van der Waals surface area (Å²) in [6, 6.07) is 1.48. The van der Waals surface area contributed by atoms with Crippen LogP contribution in [0.5, 0.6) is 0 Å². The summed E-state index contributed by atoms with van der Waals surface area (Å²) < 4.78 is 17.3. The van der Waals surface area contributed by atoms with E-state index in [2.05, 4.69) is 10.1 Å². The van der Waals surface area contributed by atoms with Crippen LogP contribution in [0.4, 0.5) is 0 Å². The van der Waals surface area contributed by atoms with Crippen LogP contribution in [0.3, 0.4) is 0 Å². The molecule has 9 heteroatoms. The van der Waals surface area contributed by atoms with Crippen molar-refractivity contribution in [2.45, 2.75) is 53.2 Å². The molecule has 0 amide bonds. The number of halogens is 1. The second kappa shape index (κ2) is 8.22. The van der Waals surface area contributed by atoms with Gasteiger partial charge in [-0.2, -0.15) is 5.10 Å². The van der Waals surface area contributed by atoms with Gasteiger partial charge in [-0.3, -0.25) is 0 Å². The van der Waals surface area contributed by atoms with Crippen molar-refractivity contribution in [1.82, 2.24) is 14.6 Å². The minimum absolute atomic E-state index is 0.0761. The standard InChI is InChI=1S/C18H24ClN3O5/c1-7-25-16(23)11-9-12-20-10(3)13(15(19)22(12)21-11)14(17(24)26-8-2)27-18(4,5)6/h9,14H,7-8H2,1-6H3. The summed E-state index contributed by atoms with van der Waals surface area (Å²) in [5, 5.41) is 4.28. The normalized spacial score (nSPS) is 12.9. The number of aromatic nitrogens is 3. The lowest BCUT2D eigenvalue weighted by Crippen LogP contribution is -2.30. The van der Waals surface area contributed by atoms with E-state index in [9.17, 15) is 9.59 Å². The average molecular weight is 398 g/mol. The third-order valence-electron chi connectivity index (χ3n) is 3.49. The predicted molar refractivity (Wildman–Crippen MR) is 98.9 cm³/mol. The van der Waals surface area contributed by atoms with Crippen molar-refractivity contribution in [1.29, 1.82) is 0 Å². The molecule has 2 heterocycles. The summed E-state index contributed by atoms with van der Waals surface area (Å²) in [6.07, 6.45) is -1.08. The van der Waals surface area contributed by atoms with Gasteiger partial charge in [0.15, 0.2) is 17.4 Å². The number of aryl methyl sites for hydroxylation is 1. The molecule has 0 aromatic carbocycles. The molecule has 2 aromatic heterocycles. The van der Waals surface area contributed by atoms with E-state index in [1.54, 1.807) is 20.8 Å². The number of esters is 2. The van der Waals surface area contributed by atoms with Gasteiger partial charge >= 0.3 is 11.9 Å². The Labute approximate surface area is 162 Å². The monoisotopic (exact) mass is 397 g/mol. The van der Waals surface area contributed by atoms with Gasteiger partial charge in [-0.1, -0.05) is 11.6 Å². The van der Waals surface area contributed by atoms with E-state index in [0.717, 1.165) is 0 Å². The number of ether oxygens (including phenoxy) is 3. The van der Waals surface area contributed by atoms with Crippen LogP contribution in [0, 0.1) is 6.92 Å². The van der Waals surface area contributed by atoms with E-state index in [4.69, 9.17) is 25.8 Å². The van der Waals surface area contributed by atoms with Crippen molar-refractivity contribution in [3.05, 3.63) is 28.2 Å². The van der Waals surface area contributed by atoms with E-state index in [-0.39, 0.29) is 24.1 Å². The van der Waals surface area contributed by atoms with Crippen LogP contribution in [0.2, 0.25) is 5.15 Å². The molecule has 0 saturated carbocycles. The van der Waals surface area contributed by atoms with Gasteiger partial charge in [0.25, 0.3) is 0 Å². The number of hydrogen-bond acceptors (Lipinski definition) is 7. The van der Waals surface area contributed by atoms with Crippen LogP contribution in [0.15, 0.2) is 6.07 Å². The van der Waals surface area contributed by atoms with Gasteiger partial charge in [-0.25, -0.2) is 19.1 Å². The van der Waals surface area contributed by atoms with Crippen molar-refractivity contribution >= 4 is 29.2 Å². The largest absolute Gasteiger partial charge is 0.464 e. The first-order valence-electron chi connectivity index (χ1n) is 8.66. The number of rotatable bonds is 6. The van der Waals surface area contributed by atoms with E-state index in [1.807, 2.05) is 20.8 Å². The Balaban J connectivity index is 2.60. The van der Waals surface area contributed by atoms with Crippen molar-refractivity contribution < 1.29 is 23.8 Å². The number of nitrogens with zero attached hydrogens (tertiary/aromatic N) is 3. The molecule has 0 fully saturated rings. The highest BCUT2D eigenvalue weighted by Crippen LogP contribution is 2.33. The zero-order valence-electron chi connectivity index (χ0n) is 16.3. The maximum absolute atomic E-state index is 12.5. The van der Waals surface area contributed by atoms with Gasteiger partial charge < -0.3 is 14.2 Å². The summed E-state index contributed by atoms with van der Waals surface area (Å²) in [5.41, 5.74) is 0.624. The minimum atomic E-state index is -1.08. The molecule has 0 aliphatic rings. The van der Waals surface area contributed by atoms with Crippen LogP contribution in [0.1, 0.15) is 62.5 Å². The summed E-state index contributed by atoms with van der Waals surface area (Å²) in [6.45, 7) is 11.0. The minimum Gasteiger partial charge on any atom is -0.464 e. The molecule has 0 spiro atoms. The predicted octanol–water partition coefficient (Wildman–Crippen LogP) is 3.29. The van der Waals surface area contributed by atoms with Crippen LogP contribution in [-0.2, 0) is 19.0 Å². The summed E-state index contributed by atoms with van der Waals surface area (Å²) >= 11 is 6.53. The van der Waals surface area contributed by atoms with Gasteiger partial charge in [-0.05, 0) is 41.5 Å². The topological polar surface area (TPSA) is 92.0 Å². The lowest BCUT2D eigenvalue weighted by atomic mass is 10.1. The second-order valence-corrected chi connectivity index (χ2v) is 7.14. The van der Waals surface area contributed by atoms with Crippen molar-refractivity contribution in [2.75, 3.05) is 13.2 Å². The molecule has 2 aromatic rings. The average Bonchev–Trinajstić information content (AvgIpc) is 2.97. The van der Waals surface area contributed by atoms with Gasteiger partial charge in [0.05, 0.1) is 24.4 Å². The van der Waals surface area contributed by atoms with Crippen molar-refractivity contribution in [3.8, 4) is 0 Å². The fourth-order valence-corrected chi connectivity index (χ4v) is 2.85. The highest BCUT2D eigenvalue weighted by atomic mass is 35.5. The molecule has 0 bridgehead atoms. The van der Waals surface area contributed by atoms with Crippen LogP contribution >= 0.6 is 11.6 Å². The number of fused-ring (bicyclic) bond motifs is 1. The Hall–Kier alpha value is -2.19. The fourth-order valence-electron chi connectivity index (χ4n) is 2.49. The first kappa shape index (κ1) is 21.1. The van der Waals surface area contributed by atoms with E-state index in [0.29, 0.717) is 16.9 Å². The molecule has 2 rings (SSSR count). The molecule has 8 nitrogen and oxygen atoms in total. The molecule has 0 N–H and O–H groups in total. The number of hydrogen-bond donors (Lipinski definition) is 0. The Morgan fingerprint density at radius 3 is 2.41 bits per heavy atom. The third kappa shape index (κ3) is 4.75. The summed E-state index contributed by atoms with van der Waals surface area (Å²) in [7, 11) is 0. The molecular weight excluding hydrogens is 374 g/mol. The summed E-state index contributed by atoms with van der Waals surface area (Å²) in [5.74, 6) is -1.15. The molecule has 0 aliphatic carbocycles. The second-order valence-electron chi connectivity index (χ2n) is 6.78. The Morgan fingerprint density at radius 1 is 1.22 bits per heavy atom. The molecule has 0 radical (unpaired) electrons. The SMILES string of the molecule is CCOC(=O)c1cc2nc(C)c(C(OC(C)(C)C)C(=O)OCC)c(Cl)n2n1. The molecule has 27 heavy (non-hydrogen) atoms. The van der Waals surface area contributed by atoms with E-state index < -0.39 is 23.6 Å². The molecule has 0 aliphatic heterocycles. The quantitative estimate of drug-likeness (QED) is 0.545. The van der Waals surface area contributed by atoms with Crippen LogP contribution < -0.4 is 0 Å². The van der Waals surface area contributed by atoms with Crippen LogP contribution in [-0.4, -0.2) is 45.4 Å². The molecule has 1 unspecified atom stereocenters. The Morgan fingerprint density at radius 2 is 1.85 bits per heavy atom. The number of carbonyl (C=O) groups excluding carboxylic acids is 2. The van der Waals surface area contributed by atoms with Crippen molar-refractivity contribution in [2.24, 2.45) is 0 Å². The Bertz CT molecular complexity index is 857. The van der Waals surface area contributed by atoms with Crippen LogP contribution in [0.25, 0.3) is 5.65 Å². The maximum atomic E-state index is 12.5. The van der Waals surface area contributed by atoms with E-state index in [1.165, 1.54) is 10.6 Å². The van der Waals surface area contributed by atoms with Gasteiger partial charge in [0.1, 0.15) is 5.15 Å². The first-order valence-corrected chi connectivity index (χ1v) is 9.04. The molecular formula is C18H24ClN3O5. The summed E-state index contributed by atoms with van der Waals surface area (Å²) in [4.78, 5) is 28.9. The van der Waals surface area contributed by atoms with E-state index >= 15 is 0 Å². The zero-order valence-corrected chi connectivity index (χ0v) is 17.1. The molecule has 0 saturated heterocycles. The fraction of sp³-hybridized carbons (Fsp3) is 0.556. The zero-order chi connectivity index (χ0) is 20.4. The lowest BCUT2D eigenvalue weighted by Gasteiger charge is -2.27. The van der Waals surface area contributed by atoms with Gasteiger partial charge in [-0.15, -0.1) is 0 Å². The lowest BCUT2D eigenvalue weighted by molar-refractivity contribution is -0.167. The third-order valence-corrected chi connectivity index (χ3v) is 3.85. The maximum Gasteiger partial charge on any atom is 0.358 e. The smallest absolute Gasteiger partial charge is 0.358 e. The molecule has 1 atom stereocenters. The van der Waals surface area contributed by atoms with Crippen molar-refractivity contribution in [3.63, 3.8) is 0 Å².